The van der Waals surface area contributed by atoms with Crippen LogP contribution in [-0.2, 0) is 13.0 Å². The van der Waals surface area contributed by atoms with Crippen LogP contribution >= 0.6 is 31.9 Å². The number of benzene rings is 1. The van der Waals surface area contributed by atoms with Crippen molar-refractivity contribution in [2.75, 3.05) is 13.7 Å². The molecule has 0 unspecified atom stereocenters. The minimum atomic E-state index is 0.752. The van der Waals surface area contributed by atoms with Gasteiger partial charge in [0, 0.05) is 41.9 Å². The SMILES string of the molecule is COc1c(Br)cc(Br)cc1CNCCc1ncc[nH]1. The van der Waals surface area contributed by atoms with Gasteiger partial charge in [0.05, 0.1) is 11.6 Å². The van der Waals surface area contributed by atoms with Crippen LogP contribution in [0.5, 0.6) is 5.75 Å². The lowest BCUT2D eigenvalue weighted by Crippen LogP contribution is -2.17. The Kier molecular flexibility index (Phi) is 5.42. The van der Waals surface area contributed by atoms with Gasteiger partial charge in [-0.3, -0.25) is 0 Å². The molecular weight excluding hydrogens is 374 g/mol. The largest absolute Gasteiger partial charge is 0.495 e. The first kappa shape index (κ1) is 14.6. The monoisotopic (exact) mass is 387 g/mol. The summed E-state index contributed by atoms with van der Waals surface area (Å²) in [4.78, 5) is 7.27. The molecule has 1 heterocycles. The highest BCUT2D eigenvalue weighted by molar-refractivity contribution is 9.11. The summed E-state index contributed by atoms with van der Waals surface area (Å²) >= 11 is 6.99. The van der Waals surface area contributed by atoms with Crippen LogP contribution in [0.4, 0.5) is 0 Å². The molecule has 102 valence electrons. The van der Waals surface area contributed by atoms with E-state index in [9.17, 15) is 0 Å². The highest BCUT2D eigenvalue weighted by atomic mass is 79.9. The Labute approximate surface area is 129 Å². The van der Waals surface area contributed by atoms with Crippen molar-refractivity contribution in [2.45, 2.75) is 13.0 Å². The first-order valence-electron chi connectivity index (χ1n) is 5.91. The number of hydrogen-bond donors (Lipinski definition) is 2. The third-order valence-corrected chi connectivity index (χ3v) is 3.75. The van der Waals surface area contributed by atoms with Gasteiger partial charge >= 0.3 is 0 Å². The Bertz CT molecular complexity index is 529. The van der Waals surface area contributed by atoms with Crippen molar-refractivity contribution in [3.05, 3.63) is 44.9 Å². The van der Waals surface area contributed by atoms with Gasteiger partial charge in [-0.1, -0.05) is 15.9 Å². The average molecular weight is 389 g/mol. The Morgan fingerprint density at radius 2 is 2.21 bits per heavy atom. The summed E-state index contributed by atoms with van der Waals surface area (Å²) in [6.45, 7) is 1.61. The van der Waals surface area contributed by atoms with Crippen molar-refractivity contribution in [3.63, 3.8) is 0 Å². The zero-order valence-corrected chi connectivity index (χ0v) is 13.7. The van der Waals surface area contributed by atoms with E-state index in [1.807, 2.05) is 12.3 Å². The van der Waals surface area contributed by atoms with E-state index in [-0.39, 0.29) is 0 Å². The van der Waals surface area contributed by atoms with Gasteiger partial charge in [-0.05, 0) is 28.1 Å². The molecular formula is C13H15Br2N3O. The van der Waals surface area contributed by atoms with Crippen molar-refractivity contribution in [3.8, 4) is 5.75 Å². The zero-order chi connectivity index (χ0) is 13.7. The Balaban J connectivity index is 1.92. The molecule has 1 aromatic carbocycles. The van der Waals surface area contributed by atoms with Crippen molar-refractivity contribution in [2.24, 2.45) is 0 Å². The molecule has 2 aromatic rings. The van der Waals surface area contributed by atoms with Crippen molar-refractivity contribution >= 4 is 31.9 Å². The van der Waals surface area contributed by atoms with E-state index in [0.29, 0.717) is 0 Å². The normalized spacial score (nSPS) is 10.7. The molecule has 0 spiro atoms. The molecule has 0 amide bonds. The number of aromatic nitrogens is 2. The lowest BCUT2D eigenvalue weighted by molar-refractivity contribution is 0.405. The minimum Gasteiger partial charge on any atom is -0.495 e. The van der Waals surface area contributed by atoms with E-state index in [1.165, 1.54) is 0 Å². The fourth-order valence-corrected chi connectivity index (χ4v) is 3.31. The predicted octanol–water partition coefficient (Wildman–Crippen LogP) is 3.28. The minimum absolute atomic E-state index is 0.752. The van der Waals surface area contributed by atoms with Gasteiger partial charge in [0.2, 0.25) is 0 Å². The topological polar surface area (TPSA) is 49.9 Å². The number of methoxy groups -OCH3 is 1. The van der Waals surface area contributed by atoms with E-state index < -0.39 is 0 Å². The first-order chi connectivity index (χ1) is 9.20. The molecule has 0 saturated carbocycles. The number of hydrogen-bond acceptors (Lipinski definition) is 3. The van der Waals surface area contributed by atoms with Crippen LogP contribution in [0, 0.1) is 0 Å². The molecule has 1 aromatic heterocycles. The quantitative estimate of drug-likeness (QED) is 0.746. The Morgan fingerprint density at radius 1 is 1.37 bits per heavy atom. The summed E-state index contributed by atoms with van der Waals surface area (Å²) in [6, 6.07) is 4.04. The molecule has 0 aliphatic carbocycles. The van der Waals surface area contributed by atoms with Crippen molar-refractivity contribution in [1.29, 1.82) is 0 Å². The van der Waals surface area contributed by atoms with Gasteiger partial charge in [-0.25, -0.2) is 4.98 Å². The second-order valence-electron chi connectivity index (χ2n) is 4.04. The Morgan fingerprint density at radius 3 is 2.89 bits per heavy atom. The predicted molar refractivity (Wildman–Crippen MR) is 82.4 cm³/mol. The molecule has 19 heavy (non-hydrogen) atoms. The summed E-state index contributed by atoms with van der Waals surface area (Å²) in [5.41, 5.74) is 1.11. The van der Waals surface area contributed by atoms with Crippen LogP contribution < -0.4 is 10.1 Å². The maximum atomic E-state index is 5.41. The second kappa shape index (κ2) is 7.07. The van der Waals surface area contributed by atoms with E-state index in [0.717, 1.165) is 45.6 Å². The van der Waals surface area contributed by atoms with Gasteiger partial charge in [0.1, 0.15) is 11.6 Å². The number of halogens is 2. The molecule has 0 saturated heterocycles. The van der Waals surface area contributed by atoms with E-state index >= 15 is 0 Å². The first-order valence-corrected chi connectivity index (χ1v) is 7.50. The zero-order valence-electron chi connectivity index (χ0n) is 10.5. The molecule has 2 N–H and O–H groups in total. The number of rotatable bonds is 6. The van der Waals surface area contributed by atoms with E-state index in [1.54, 1.807) is 13.3 Å². The number of imidazole rings is 1. The van der Waals surface area contributed by atoms with Crippen LogP contribution in [0.3, 0.4) is 0 Å². The van der Waals surface area contributed by atoms with Crippen LogP contribution in [0.25, 0.3) is 0 Å². The number of ether oxygens (including phenoxy) is 1. The Hall–Kier alpha value is -0.850. The molecule has 6 heteroatoms. The molecule has 0 radical (unpaired) electrons. The summed E-state index contributed by atoms with van der Waals surface area (Å²) in [7, 11) is 1.68. The van der Waals surface area contributed by atoms with E-state index in [4.69, 9.17) is 4.74 Å². The molecule has 0 aliphatic heterocycles. The van der Waals surface area contributed by atoms with Crippen LogP contribution in [0.1, 0.15) is 11.4 Å². The summed E-state index contributed by atoms with van der Waals surface area (Å²) in [5.74, 6) is 1.86. The van der Waals surface area contributed by atoms with Crippen LogP contribution in [0.2, 0.25) is 0 Å². The molecule has 4 nitrogen and oxygen atoms in total. The highest BCUT2D eigenvalue weighted by Gasteiger charge is 2.08. The van der Waals surface area contributed by atoms with Crippen LogP contribution in [-0.4, -0.2) is 23.6 Å². The van der Waals surface area contributed by atoms with Crippen molar-refractivity contribution in [1.82, 2.24) is 15.3 Å². The van der Waals surface area contributed by atoms with Gasteiger partial charge in [0.25, 0.3) is 0 Å². The number of nitrogens with zero attached hydrogens (tertiary/aromatic N) is 1. The van der Waals surface area contributed by atoms with E-state index in [2.05, 4.69) is 53.2 Å². The molecule has 0 bridgehead atoms. The lowest BCUT2D eigenvalue weighted by Gasteiger charge is -2.12. The summed E-state index contributed by atoms with van der Waals surface area (Å²) in [5, 5.41) is 3.39. The molecule has 2 rings (SSSR count). The highest BCUT2D eigenvalue weighted by Crippen LogP contribution is 2.32. The van der Waals surface area contributed by atoms with Crippen LogP contribution in [0.15, 0.2) is 33.5 Å². The third-order valence-electron chi connectivity index (χ3n) is 2.70. The number of aromatic amines is 1. The molecule has 0 fully saturated rings. The van der Waals surface area contributed by atoms with Gasteiger partial charge < -0.3 is 15.0 Å². The summed E-state index contributed by atoms with van der Waals surface area (Å²) in [6.07, 6.45) is 4.48. The maximum Gasteiger partial charge on any atom is 0.137 e. The molecule has 0 aliphatic rings. The van der Waals surface area contributed by atoms with Gasteiger partial charge in [0.15, 0.2) is 0 Å². The van der Waals surface area contributed by atoms with Crippen molar-refractivity contribution < 1.29 is 4.74 Å². The standard InChI is InChI=1S/C13H15Br2N3O/c1-19-13-9(6-10(14)7-11(13)15)8-16-3-2-12-17-4-5-18-12/h4-7,16H,2-3,8H2,1H3,(H,17,18). The fourth-order valence-electron chi connectivity index (χ4n) is 1.84. The third kappa shape index (κ3) is 4.06. The average Bonchev–Trinajstić information content (AvgIpc) is 2.87. The number of nitrogens with one attached hydrogen (secondary N) is 2. The smallest absolute Gasteiger partial charge is 0.137 e. The maximum absolute atomic E-state index is 5.41. The lowest BCUT2D eigenvalue weighted by atomic mass is 10.2. The fraction of sp³-hybridized carbons (Fsp3) is 0.308. The number of H-pyrrole nitrogens is 1. The van der Waals surface area contributed by atoms with Gasteiger partial charge in [-0.15, -0.1) is 0 Å². The second-order valence-corrected chi connectivity index (χ2v) is 5.81. The molecule has 0 atom stereocenters. The van der Waals surface area contributed by atoms with Gasteiger partial charge in [-0.2, -0.15) is 0 Å². The summed E-state index contributed by atoms with van der Waals surface area (Å²) < 4.78 is 7.39.